The predicted octanol–water partition coefficient (Wildman–Crippen LogP) is 4.53. The number of ether oxygens (including phenoxy) is 2. The van der Waals surface area contributed by atoms with Crippen LogP contribution in [0.3, 0.4) is 0 Å². The Morgan fingerprint density at radius 3 is 2.29 bits per heavy atom. The first-order chi connectivity index (χ1) is 9.57. The summed E-state index contributed by atoms with van der Waals surface area (Å²) in [6.07, 6.45) is 0. The molecular formula is C17H28BrNO2. The molecule has 1 aromatic rings. The summed E-state index contributed by atoms with van der Waals surface area (Å²) in [5.41, 5.74) is 1.10. The topological polar surface area (TPSA) is 30.5 Å². The molecule has 0 aliphatic heterocycles. The minimum Gasteiger partial charge on any atom is -0.491 e. The predicted molar refractivity (Wildman–Crippen MR) is 91.9 cm³/mol. The summed E-state index contributed by atoms with van der Waals surface area (Å²) in [6.45, 7) is 14.5. The van der Waals surface area contributed by atoms with Crippen molar-refractivity contribution in [3.8, 4) is 5.75 Å². The van der Waals surface area contributed by atoms with E-state index < -0.39 is 0 Å². The van der Waals surface area contributed by atoms with E-state index >= 15 is 0 Å². The quantitative estimate of drug-likeness (QED) is 0.758. The average Bonchev–Trinajstić information content (AvgIpc) is 2.31. The first-order valence-electron chi connectivity index (χ1n) is 7.37. The molecule has 0 saturated heterocycles. The largest absolute Gasteiger partial charge is 0.491 e. The lowest BCUT2D eigenvalue weighted by molar-refractivity contribution is -0.0164. The van der Waals surface area contributed by atoms with Crippen molar-refractivity contribution in [1.82, 2.24) is 5.32 Å². The SMILES string of the molecule is CC(C)(C)NCc1cc(Br)ccc1OCCOC(C)(C)C. The van der Waals surface area contributed by atoms with Crippen molar-refractivity contribution < 1.29 is 9.47 Å². The zero-order valence-corrected chi connectivity index (χ0v) is 15.6. The van der Waals surface area contributed by atoms with E-state index in [2.05, 4.69) is 48.1 Å². The average molecular weight is 358 g/mol. The highest BCUT2D eigenvalue weighted by atomic mass is 79.9. The van der Waals surface area contributed by atoms with E-state index in [-0.39, 0.29) is 11.1 Å². The van der Waals surface area contributed by atoms with Gasteiger partial charge in [0.2, 0.25) is 0 Å². The van der Waals surface area contributed by atoms with E-state index in [0.29, 0.717) is 13.2 Å². The molecule has 0 atom stereocenters. The van der Waals surface area contributed by atoms with Gasteiger partial charge < -0.3 is 14.8 Å². The van der Waals surface area contributed by atoms with Crippen LogP contribution in [0.15, 0.2) is 22.7 Å². The van der Waals surface area contributed by atoms with Crippen LogP contribution in [0.2, 0.25) is 0 Å². The summed E-state index contributed by atoms with van der Waals surface area (Å²) in [5.74, 6) is 0.910. The maximum absolute atomic E-state index is 5.87. The third-order valence-electron chi connectivity index (χ3n) is 2.71. The third-order valence-corrected chi connectivity index (χ3v) is 3.20. The van der Waals surface area contributed by atoms with Crippen LogP contribution >= 0.6 is 15.9 Å². The van der Waals surface area contributed by atoms with E-state index in [0.717, 1.165) is 22.3 Å². The molecule has 0 heterocycles. The summed E-state index contributed by atoms with van der Waals surface area (Å²) in [7, 11) is 0. The molecule has 0 amide bonds. The van der Waals surface area contributed by atoms with Crippen LogP contribution in [0.1, 0.15) is 47.1 Å². The molecule has 1 rings (SSSR count). The molecule has 0 aromatic heterocycles. The van der Waals surface area contributed by atoms with Crippen molar-refractivity contribution in [3.05, 3.63) is 28.2 Å². The van der Waals surface area contributed by atoms with Gasteiger partial charge >= 0.3 is 0 Å². The molecule has 0 fully saturated rings. The highest BCUT2D eigenvalue weighted by Gasteiger charge is 2.12. The second-order valence-corrected chi connectivity index (χ2v) is 8.08. The molecular weight excluding hydrogens is 330 g/mol. The van der Waals surface area contributed by atoms with Gasteiger partial charge in [0.05, 0.1) is 12.2 Å². The van der Waals surface area contributed by atoms with Crippen LogP contribution in [0, 0.1) is 0 Å². The van der Waals surface area contributed by atoms with Crippen molar-refractivity contribution >= 4 is 15.9 Å². The zero-order chi connectivity index (χ0) is 16.1. The maximum atomic E-state index is 5.87. The van der Waals surface area contributed by atoms with E-state index in [1.54, 1.807) is 0 Å². The Balaban J connectivity index is 2.60. The first-order valence-corrected chi connectivity index (χ1v) is 8.16. The molecule has 0 aliphatic rings. The zero-order valence-electron chi connectivity index (χ0n) is 14.0. The fourth-order valence-corrected chi connectivity index (χ4v) is 2.10. The van der Waals surface area contributed by atoms with E-state index in [1.807, 2.05) is 32.9 Å². The number of nitrogens with one attached hydrogen (secondary N) is 1. The van der Waals surface area contributed by atoms with E-state index in [9.17, 15) is 0 Å². The van der Waals surface area contributed by atoms with Gasteiger partial charge in [0, 0.05) is 22.1 Å². The van der Waals surface area contributed by atoms with Gasteiger partial charge in [-0.1, -0.05) is 15.9 Å². The smallest absolute Gasteiger partial charge is 0.123 e. The summed E-state index contributed by atoms with van der Waals surface area (Å²) in [5, 5.41) is 3.49. The second kappa shape index (κ2) is 7.61. The number of rotatable bonds is 6. The Kier molecular flexibility index (Phi) is 6.70. The van der Waals surface area contributed by atoms with E-state index in [1.165, 1.54) is 0 Å². The normalized spacial score (nSPS) is 12.5. The van der Waals surface area contributed by atoms with Crippen LogP contribution in [0.4, 0.5) is 0 Å². The molecule has 120 valence electrons. The third kappa shape index (κ3) is 8.44. The van der Waals surface area contributed by atoms with Gasteiger partial charge in [0.25, 0.3) is 0 Å². The highest BCUT2D eigenvalue weighted by molar-refractivity contribution is 9.10. The molecule has 0 aliphatic carbocycles. The van der Waals surface area contributed by atoms with Crippen molar-refractivity contribution in [2.24, 2.45) is 0 Å². The lowest BCUT2D eigenvalue weighted by atomic mass is 10.1. The Morgan fingerprint density at radius 1 is 1.05 bits per heavy atom. The van der Waals surface area contributed by atoms with Gasteiger partial charge in [0.1, 0.15) is 12.4 Å². The van der Waals surface area contributed by atoms with Gasteiger partial charge in [-0.3, -0.25) is 0 Å². The minimum absolute atomic E-state index is 0.0783. The van der Waals surface area contributed by atoms with Gasteiger partial charge in [-0.15, -0.1) is 0 Å². The second-order valence-electron chi connectivity index (χ2n) is 7.16. The molecule has 4 heteroatoms. The lowest BCUT2D eigenvalue weighted by Crippen LogP contribution is -2.35. The Labute approximate surface area is 137 Å². The van der Waals surface area contributed by atoms with Crippen molar-refractivity contribution in [3.63, 3.8) is 0 Å². The summed E-state index contributed by atoms with van der Waals surface area (Å²) in [4.78, 5) is 0. The maximum Gasteiger partial charge on any atom is 0.123 e. The van der Waals surface area contributed by atoms with Crippen LogP contribution < -0.4 is 10.1 Å². The Morgan fingerprint density at radius 2 is 1.71 bits per heavy atom. The van der Waals surface area contributed by atoms with Crippen LogP contribution in [0.25, 0.3) is 0 Å². The molecule has 3 nitrogen and oxygen atoms in total. The number of hydrogen-bond donors (Lipinski definition) is 1. The van der Waals surface area contributed by atoms with Crippen molar-refractivity contribution in [1.29, 1.82) is 0 Å². The van der Waals surface area contributed by atoms with Crippen LogP contribution in [0.5, 0.6) is 5.75 Å². The molecule has 21 heavy (non-hydrogen) atoms. The van der Waals surface area contributed by atoms with Gasteiger partial charge in [0.15, 0.2) is 0 Å². The van der Waals surface area contributed by atoms with Crippen molar-refractivity contribution in [2.45, 2.75) is 59.2 Å². The molecule has 0 unspecified atom stereocenters. The molecule has 0 radical (unpaired) electrons. The molecule has 1 aromatic carbocycles. The molecule has 0 spiro atoms. The monoisotopic (exact) mass is 357 g/mol. The van der Waals surface area contributed by atoms with Gasteiger partial charge in [-0.25, -0.2) is 0 Å². The van der Waals surface area contributed by atoms with Gasteiger partial charge in [-0.2, -0.15) is 0 Å². The van der Waals surface area contributed by atoms with Crippen LogP contribution in [-0.2, 0) is 11.3 Å². The molecule has 0 bridgehead atoms. The fourth-order valence-electron chi connectivity index (χ4n) is 1.69. The highest BCUT2D eigenvalue weighted by Crippen LogP contribution is 2.24. The van der Waals surface area contributed by atoms with E-state index in [4.69, 9.17) is 9.47 Å². The summed E-state index contributed by atoms with van der Waals surface area (Å²) >= 11 is 3.52. The minimum atomic E-state index is -0.125. The number of benzene rings is 1. The molecule has 1 N–H and O–H groups in total. The molecule has 0 saturated carbocycles. The summed E-state index contributed by atoms with van der Waals surface area (Å²) < 4.78 is 12.6. The first kappa shape index (κ1) is 18.5. The van der Waals surface area contributed by atoms with Crippen LogP contribution in [-0.4, -0.2) is 24.4 Å². The Bertz CT molecular complexity index is 447. The fraction of sp³-hybridized carbons (Fsp3) is 0.647. The number of halogens is 1. The number of hydrogen-bond acceptors (Lipinski definition) is 3. The summed E-state index contributed by atoms with van der Waals surface area (Å²) in [6, 6.07) is 6.10. The lowest BCUT2D eigenvalue weighted by Gasteiger charge is -2.22. The van der Waals surface area contributed by atoms with Crippen molar-refractivity contribution in [2.75, 3.05) is 13.2 Å². The standard InChI is InChI=1S/C17H28BrNO2/c1-16(2,3)19-12-13-11-14(18)7-8-15(13)20-9-10-21-17(4,5)6/h7-8,11,19H,9-10,12H2,1-6H3. The Hall–Kier alpha value is -0.580. The van der Waals surface area contributed by atoms with Gasteiger partial charge in [-0.05, 0) is 59.7 Å².